The summed E-state index contributed by atoms with van der Waals surface area (Å²) in [6.07, 6.45) is 1.71. The van der Waals surface area contributed by atoms with Crippen molar-refractivity contribution in [3.05, 3.63) is 48.2 Å². The predicted molar refractivity (Wildman–Crippen MR) is 74.2 cm³/mol. The summed E-state index contributed by atoms with van der Waals surface area (Å²) in [7, 11) is 0. The van der Waals surface area contributed by atoms with Gasteiger partial charge in [-0.25, -0.2) is 0 Å². The van der Waals surface area contributed by atoms with E-state index in [-0.39, 0.29) is 12.5 Å². The topological polar surface area (TPSA) is 64.2 Å². The van der Waals surface area contributed by atoms with Crippen molar-refractivity contribution in [2.75, 3.05) is 12.3 Å². The molecule has 1 aromatic heterocycles. The highest BCUT2D eigenvalue weighted by Gasteiger charge is 2.13. The molecule has 0 unspecified atom stereocenters. The molecule has 1 heterocycles. The molecule has 5 nitrogen and oxygen atoms in total. The van der Waals surface area contributed by atoms with E-state index >= 15 is 0 Å². The van der Waals surface area contributed by atoms with Crippen LogP contribution < -0.4 is 5.73 Å². The van der Waals surface area contributed by atoms with Crippen LogP contribution in [0.1, 0.15) is 12.5 Å². The fraction of sp³-hybridized carbons (Fsp3) is 0.286. The van der Waals surface area contributed by atoms with Gasteiger partial charge >= 0.3 is 0 Å². The molecule has 2 rings (SSSR count). The summed E-state index contributed by atoms with van der Waals surface area (Å²) in [5.41, 5.74) is 6.65. The summed E-state index contributed by atoms with van der Waals surface area (Å²) in [5, 5.41) is 4.02. The molecule has 2 N–H and O–H groups in total. The number of hydrogen-bond acceptors (Lipinski definition) is 3. The minimum atomic E-state index is 0.0365. The van der Waals surface area contributed by atoms with Gasteiger partial charge < -0.3 is 10.6 Å². The summed E-state index contributed by atoms with van der Waals surface area (Å²) in [4.78, 5) is 14.0. The van der Waals surface area contributed by atoms with E-state index in [4.69, 9.17) is 5.73 Å². The monoisotopic (exact) mass is 258 g/mol. The first-order chi connectivity index (χ1) is 9.19. The first kappa shape index (κ1) is 13.1. The van der Waals surface area contributed by atoms with Gasteiger partial charge in [-0.05, 0) is 18.6 Å². The van der Waals surface area contributed by atoms with Crippen LogP contribution in [0.5, 0.6) is 0 Å². The molecule has 0 saturated carbocycles. The lowest BCUT2D eigenvalue weighted by atomic mass is 10.2. The lowest BCUT2D eigenvalue weighted by molar-refractivity contribution is -0.132. The molecule has 5 heteroatoms. The maximum atomic E-state index is 12.2. The lowest BCUT2D eigenvalue weighted by Crippen LogP contribution is -2.33. The highest BCUT2D eigenvalue weighted by molar-refractivity contribution is 5.75. The second-order valence-corrected chi connectivity index (χ2v) is 4.33. The number of nitrogen functional groups attached to an aromatic ring is 1. The SMILES string of the molecule is CCN(Cc1ccccc1)C(=O)Cn1ccc(N)n1. The number of amides is 1. The van der Waals surface area contributed by atoms with Crippen molar-refractivity contribution in [1.82, 2.24) is 14.7 Å². The Balaban J connectivity index is 1.99. The Kier molecular flexibility index (Phi) is 4.18. The Morgan fingerprint density at radius 1 is 1.32 bits per heavy atom. The maximum absolute atomic E-state index is 12.2. The molecule has 0 aliphatic carbocycles. The van der Waals surface area contributed by atoms with Crippen LogP contribution in [-0.4, -0.2) is 27.1 Å². The van der Waals surface area contributed by atoms with Crippen molar-refractivity contribution >= 4 is 11.7 Å². The van der Waals surface area contributed by atoms with Gasteiger partial charge in [-0.3, -0.25) is 9.48 Å². The first-order valence-corrected chi connectivity index (χ1v) is 6.29. The van der Waals surface area contributed by atoms with Crippen LogP contribution in [0.2, 0.25) is 0 Å². The Labute approximate surface area is 112 Å². The van der Waals surface area contributed by atoms with Crippen LogP contribution >= 0.6 is 0 Å². The predicted octanol–water partition coefficient (Wildman–Crippen LogP) is 1.51. The summed E-state index contributed by atoms with van der Waals surface area (Å²) >= 11 is 0. The molecule has 0 aliphatic heterocycles. The quantitative estimate of drug-likeness (QED) is 0.884. The average molecular weight is 258 g/mol. The number of aromatic nitrogens is 2. The molecule has 1 aromatic carbocycles. The van der Waals surface area contributed by atoms with Crippen molar-refractivity contribution in [1.29, 1.82) is 0 Å². The number of rotatable bonds is 5. The second kappa shape index (κ2) is 6.04. The molecule has 0 radical (unpaired) electrons. The van der Waals surface area contributed by atoms with Crippen molar-refractivity contribution in [2.45, 2.75) is 20.0 Å². The van der Waals surface area contributed by atoms with E-state index in [2.05, 4.69) is 5.10 Å². The van der Waals surface area contributed by atoms with Gasteiger partial charge in [0.05, 0.1) is 0 Å². The van der Waals surface area contributed by atoms with E-state index in [1.807, 2.05) is 37.3 Å². The van der Waals surface area contributed by atoms with E-state index in [9.17, 15) is 4.79 Å². The number of nitrogens with two attached hydrogens (primary N) is 1. The van der Waals surface area contributed by atoms with Gasteiger partial charge in [-0.2, -0.15) is 5.10 Å². The number of hydrogen-bond donors (Lipinski definition) is 1. The van der Waals surface area contributed by atoms with Gasteiger partial charge in [0.15, 0.2) is 0 Å². The minimum absolute atomic E-state index is 0.0365. The molecule has 0 saturated heterocycles. The Morgan fingerprint density at radius 2 is 2.05 bits per heavy atom. The Morgan fingerprint density at radius 3 is 2.63 bits per heavy atom. The third-order valence-electron chi connectivity index (χ3n) is 2.91. The van der Waals surface area contributed by atoms with Gasteiger partial charge in [0, 0.05) is 19.3 Å². The van der Waals surface area contributed by atoms with E-state index in [1.54, 1.807) is 21.8 Å². The third kappa shape index (κ3) is 3.58. The Hall–Kier alpha value is -2.30. The minimum Gasteiger partial charge on any atom is -0.382 e. The highest BCUT2D eigenvalue weighted by atomic mass is 16.2. The van der Waals surface area contributed by atoms with Crippen molar-refractivity contribution in [2.24, 2.45) is 0 Å². The standard InChI is InChI=1S/C14H18N4O/c1-2-17(10-12-6-4-3-5-7-12)14(19)11-18-9-8-13(15)16-18/h3-9H,2,10-11H2,1H3,(H2,15,16). The number of likely N-dealkylation sites (N-methyl/N-ethyl adjacent to an activating group) is 1. The van der Waals surface area contributed by atoms with Gasteiger partial charge in [0.1, 0.15) is 12.4 Å². The summed E-state index contributed by atoms with van der Waals surface area (Å²) in [6, 6.07) is 11.6. The molecule has 0 bridgehead atoms. The van der Waals surface area contributed by atoms with E-state index in [1.165, 1.54) is 0 Å². The molecular weight excluding hydrogens is 240 g/mol. The number of carbonyl (C=O) groups excluding carboxylic acids is 1. The number of benzene rings is 1. The van der Waals surface area contributed by atoms with Crippen LogP contribution in [0.25, 0.3) is 0 Å². The molecule has 19 heavy (non-hydrogen) atoms. The zero-order chi connectivity index (χ0) is 13.7. The molecule has 100 valence electrons. The smallest absolute Gasteiger partial charge is 0.244 e. The van der Waals surface area contributed by atoms with Gasteiger partial charge in [-0.15, -0.1) is 0 Å². The zero-order valence-corrected chi connectivity index (χ0v) is 11.0. The van der Waals surface area contributed by atoms with Crippen molar-refractivity contribution < 1.29 is 4.79 Å². The molecular formula is C14H18N4O. The summed E-state index contributed by atoms with van der Waals surface area (Å²) in [6.45, 7) is 3.48. The van der Waals surface area contributed by atoms with Crippen LogP contribution in [0.3, 0.4) is 0 Å². The van der Waals surface area contributed by atoms with E-state index in [0.717, 1.165) is 5.56 Å². The van der Waals surface area contributed by atoms with Crippen LogP contribution in [-0.2, 0) is 17.9 Å². The highest BCUT2D eigenvalue weighted by Crippen LogP contribution is 2.06. The fourth-order valence-electron chi connectivity index (χ4n) is 1.88. The number of nitrogens with zero attached hydrogens (tertiary/aromatic N) is 3. The second-order valence-electron chi connectivity index (χ2n) is 4.33. The number of anilines is 1. The van der Waals surface area contributed by atoms with Crippen molar-refractivity contribution in [3.8, 4) is 0 Å². The molecule has 0 fully saturated rings. The van der Waals surface area contributed by atoms with Gasteiger partial charge in [0.25, 0.3) is 0 Å². The van der Waals surface area contributed by atoms with Crippen molar-refractivity contribution in [3.63, 3.8) is 0 Å². The third-order valence-corrected chi connectivity index (χ3v) is 2.91. The van der Waals surface area contributed by atoms with Crippen LogP contribution in [0, 0.1) is 0 Å². The Bertz CT molecular complexity index is 535. The van der Waals surface area contributed by atoms with Gasteiger partial charge in [0.2, 0.25) is 5.91 Å². The molecule has 0 atom stereocenters. The van der Waals surface area contributed by atoms with Crippen LogP contribution in [0.15, 0.2) is 42.6 Å². The first-order valence-electron chi connectivity index (χ1n) is 6.29. The fourth-order valence-corrected chi connectivity index (χ4v) is 1.88. The average Bonchev–Trinajstić information content (AvgIpc) is 2.82. The maximum Gasteiger partial charge on any atom is 0.244 e. The number of carbonyl (C=O) groups is 1. The molecule has 2 aromatic rings. The zero-order valence-electron chi connectivity index (χ0n) is 11.0. The summed E-state index contributed by atoms with van der Waals surface area (Å²) < 4.78 is 1.56. The van der Waals surface area contributed by atoms with E-state index < -0.39 is 0 Å². The summed E-state index contributed by atoms with van der Waals surface area (Å²) in [5.74, 6) is 0.466. The molecule has 1 amide bonds. The normalized spacial score (nSPS) is 10.4. The lowest BCUT2D eigenvalue weighted by Gasteiger charge is -2.21. The largest absolute Gasteiger partial charge is 0.382 e. The molecule has 0 spiro atoms. The molecule has 0 aliphatic rings. The van der Waals surface area contributed by atoms with Crippen LogP contribution in [0.4, 0.5) is 5.82 Å². The van der Waals surface area contributed by atoms with E-state index in [0.29, 0.717) is 18.9 Å². The van der Waals surface area contributed by atoms with Gasteiger partial charge in [-0.1, -0.05) is 30.3 Å².